The molecule has 0 bridgehead atoms. The zero-order chi connectivity index (χ0) is 12.8. The number of likely N-dealkylation sites (N-methyl/N-ethyl adjacent to an activating group) is 1. The number of amides is 2. The summed E-state index contributed by atoms with van der Waals surface area (Å²) < 4.78 is 0.971. The molecule has 0 saturated carbocycles. The van der Waals surface area contributed by atoms with Crippen LogP contribution in [0.2, 0.25) is 0 Å². The summed E-state index contributed by atoms with van der Waals surface area (Å²) in [4.78, 5) is 23.9. The van der Waals surface area contributed by atoms with Crippen molar-refractivity contribution in [2.45, 2.75) is 13.5 Å². The van der Waals surface area contributed by atoms with E-state index in [0.717, 1.165) is 10.0 Å². The Morgan fingerprint density at radius 2 is 2.00 bits per heavy atom. The average molecular weight is 299 g/mol. The molecule has 5 heteroatoms. The van der Waals surface area contributed by atoms with E-state index in [1.807, 2.05) is 24.3 Å². The fourth-order valence-corrected chi connectivity index (χ4v) is 1.72. The monoisotopic (exact) mass is 298 g/mol. The molecule has 0 heterocycles. The van der Waals surface area contributed by atoms with Crippen LogP contribution in [0.3, 0.4) is 0 Å². The molecule has 1 N–H and O–H groups in total. The predicted molar refractivity (Wildman–Crippen MR) is 69.3 cm³/mol. The van der Waals surface area contributed by atoms with Crippen LogP contribution >= 0.6 is 15.9 Å². The summed E-state index contributed by atoms with van der Waals surface area (Å²) in [5.41, 5.74) is 1.03. The van der Waals surface area contributed by atoms with Crippen LogP contribution in [-0.2, 0) is 16.1 Å². The molecule has 17 heavy (non-hydrogen) atoms. The summed E-state index contributed by atoms with van der Waals surface area (Å²) in [7, 11) is 1.71. The van der Waals surface area contributed by atoms with E-state index in [4.69, 9.17) is 0 Å². The number of carbonyl (C=O) groups excluding carboxylic acids is 2. The third kappa shape index (κ3) is 4.56. The minimum atomic E-state index is -0.201. The lowest BCUT2D eigenvalue weighted by atomic mass is 10.2. The number of benzene rings is 1. The first-order valence-electron chi connectivity index (χ1n) is 5.22. The molecule has 1 aromatic carbocycles. The van der Waals surface area contributed by atoms with Gasteiger partial charge in [0.25, 0.3) is 0 Å². The molecule has 0 unspecified atom stereocenters. The van der Waals surface area contributed by atoms with Crippen molar-refractivity contribution in [3.05, 3.63) is 34.3 Å². The Hall–Kier alpha value is -1.36. The molecule has 0 aliphatic carbocycles. The average Bonchev–Trinajstić information content (AvgIpc) is 2.28. The number of nitrogens with zero attached hydrogens (tertiary/aromatic N) is 1. The van der Waals surface area contributed by atoms with E-state index in [2.05, 4.69) is 21.2 Å². The molecule has 1 aromatic rings. The van der Waals surface area contributed by atoms with Crippen molar-refractivity contribution in [1.82, 2.24) is 10.2 Å². The number of carbonyl (C=O) groups is 2. The lowest BCUT2D eigenvalue weighted by Crippen LogP contribution is -2.36. The van der Waals surface area contributed by atoms with Crippen LogP contribution in [0.1, 0.15) is 12.5 Å². The van der Waals surface area contributed by atoms with Crippen LogP contribution < -0.4 is 5.32 Å². The lowest BCUT2D eigenvalue weighted by molar-refractivity contribution is -0.131. The number of rotatable bonds is 4. The molecule has 1 rings (SSSR count). The van der Waals surface area contributed by atoms with Gasteiger partial charge in [0.15, 0.2) is 0 Å². The molecule has 92 valence electrons. The summed E-state index contributed by atoms with van der Waals surface area (Å²) in [5.74, 6) is -0.316. The van der Waals surface area contributed by atoms with Crippen LogP contribution in [0.4, 0.5) is 0 Å². The van der Waals surface area contributed by atoms with Crippen LogP contribution in [-0.4, -0.2) is 30.3 Å². The SMILES string of the molecule is CC(=O)NCC(=O)N(C)Cc1ccccc1Br. The third-order valence-electron chi connectivity index (χ3n) is 2.28. The molecule has 0 atom stereocenters. The Morgan fingerprint density at radius 1 is 1.35 bits per heavy atom. The highest BCUT2D eigenvalue weighted by Crippen LogP contribution is 2.17. The second-order valence-corrected chi connectivity index (χ2v) is 4.61. The summed E-state index contributed by atoms with van der Waals surface area (Å²) in [6.45, 7) is 1.94. The highest BCUT2D eigenvalue weighted by atomic mass is 79.9. The van der Waals surface area contributed by atoms with Crippen molar-refractivity contribution < 1.29 is 9.59 Å². The van der Waals surface area contributed by atoms with Crippen molar-refractivity contribution in [3.8, 4) is 0 Å². The van der Waals surface area contributed by atoms with E-state index in [1.54, 1.807) is 11.9 Å². The first-order chi connectivity index (χ1) is 8.00. The number of hydrogen-bond donors (Lipinski definition) is 1. The molecule has 0 saturated heterocycles. The van der Waals surface area contributed by atoms with Crippen LogP contribution in [0.5, 0.6) is 0 Å². The minimum absolute atomic E-state index is 0.0380. The molecule has 0 radical (unpaired) electrons. The molecule has 0 aliphatic heterocycles. The normalized spacial score (nSPS) is 9.82. The zero-order valence-electron chi connectivity index (χ0n) is 9.87. The molecule has 0 aromatic heterocycles. The second kappa shape index (κ2) is 6.39. The van der Waals surface area contributed by atoms with E-state index in [-0.39, 0.29) is 18.4 Å². The van der Waals surface area contributed by atoms with Crippen LogP contribution in [0, 0.1) is 0 Å². The fraction of sp³-hybridized carbons (Fsp3) is 0.333. The van der Waals surface area contributed by atoms with E-state index in [1.165, 1.54) is 6.92 Å². The maximum absolute atomic E-state index is 11.7. The number of hydrogen-bond acceptors (Lipinski definition) is 2. The highest BCUT2D eigenvalue weighted by Gasteiger charge is 2.10. The summed E-state index contributed by atoms with van der Waals surface area (Å²) in [5, 5.41) is 2.48. The van der Waals surface area contributed by atoms with Gasteiger partial charge in [0, 0.05) is 25.0 Å². The smallest absolute Gasteiger partial charge is 0.242 e. The first-order valence-corrected chi connectivity index (χ1v) is 6.02. The first kappa shape index (κ1) is 13.7. The van der Waals surface area contributed by atoms with Gasteiger partial charge in [-0.25, -0.2) is 0 Å². The van der Waals surface area contributed by atoms with E-state index < -0.39 is 0 Å². The maximum Gasteiger partial charge on any atom is 0.242 e. The van der Waals surface area contributed by atoms with Gasteiger partial charge < -0.3 is 10.2 Å². The molecule has 2 amide bonds. The maximum atomic E-state index is 11.7. The quantitative estimate of drug-likeness (QED) is 0.917. The van der Waals surface area contributed by atoms with Crippen LogP contribution in [0.15, 0.2) is 28.7 Å². The van der Waals surface area contributed by atoms with Crippen molar-refractivity contribution in [2.75, 3.05) is 13.6 Å². The van der Waals surface area contributed by atoms with Gasteiger partial charge in [-0.2, -0.15) is 0 Å². The summed E-state index contributed by atoms with van der Waals surface area (Å²) in [6.07, 6.45) is 0. The van der Waals surface area contributed by atoms with E-state index >= 15 is 0 Å². The van der Waals surface area contributed by atoms with Gasteiger partial charge in [-0.3, -0.25) is 9.59 Å². The Labute approximate surface area is 109 Å². The Balaban J connectivity index is 2.54. The number of nitrogens with one attached hydrogen (secondary N) is 1. The van der Waals surface area contributed by atoms with Crippen molar-refractivity contribution in [1.29, 1.82) is 0 Å². The number of halogens is 1. The van der Waals surface area contributed by atoms with E-state index in [9.17, 15) is 9.59 Å². The van der Waals surface area contributed by atoms with Crippen molar-refractivity contribution >= 4 is 27.7 Å². The molecule has 0 aliphatic rings. The van der Waals surface area contributed by atoms with Gasteiger partial charge >= 0.3 is 0 Å². The van der Waals surface area contributed by atoms with Crippen LogP contribution in [0.25, 0.3) is 0 Å². The Morgan fingerprint density at radius 3 is 2.59 bits per heavy atom. The highest BCUT2D eigenvalue weighted by molar-refractivity contribution is 9.10. The van der Waals surface area contributed by atoms with Crippen molar-refractivity contribution in [2.24, 2.45) is 0 Å². The Kier molecular flexibility index (Phi) is 5.15. The molecule has 0 spiro atoms. The largest absolute Gasteiger partial charge is 0.347 e. The Bertz CT molecular complexity index is 421. The fourth-order valence-electron chi connectivity index (χ4n) is 1.31. The molecular weight excluding hydrogens is 284 g/mol. The molecular formula is C12H15BrN2O2. The predicted octanol–water partition coefficient (Wildman–Crippen LogP) is 1.54. The zero-order valence-corrected chi connectivity index (χ0v) is 11.5. The molecule has 0 fully saturated rings. The van der Waals surface area contributed by atoms with Crippen molar-refractivity contribution in [3.63, 3.8) is 0 Å². The van der Waals surface area contributed by atoms with Gasteiger partial charge in [0.05, 0.1) is 6.54 Å². The van der Waals surface area contributed by atoms with Gasteiger partial charge in [-0.05, 0) is 11.6 Å². The molecule has 4 nitrogen and oxygen atoms in total. The summed E-state index contributed by atoms with van der Waals surface area (Å²) >= 11 is 3.43. The van der Waals surface area contributed by atoms with E-state index in [0.29, 0.717) is 6.54 Å². The van der Waals surface area contributed by atoms with Gasteiger partial charge in [-0.15, -0.1) is 0 Å². The van der Waals surface area contributed by atoms with Gasteiger partial charge in [0.2, 0.25) is 11.8 Å². The second-order valence-electron chi connectivity index (χ2n) is 3.75. The van der Waals surface area contributed by atoms with Gasteiger partial charge in [0.1, 0.15) is 0 Å². The standard InChI is InChI=1S/C12H15BrN2O2/c1-9(16)14-7-12(17)15(2)8-10-5-3-4-6-11(10)13/h3-6H,7-8H2,1-2H3,(H,14,16). The third-order valence-corrected chi connectivity index (χ3v) is 3.05. The minimum Gasteiger partial charge on any atom is -0.347 e. The topological polar surface area (TPSA) is 49.4 Å². The lowest BCUT2D eigenvalue weighted by Gasteiger charge is -2.18. The van der Waals surface area contributed by atoms with Gasteiger partial charge in [-0.1, -0.05) is 34.1 Å². The summed E-state index contributed by atoms with van der Waals surface area (Å²) in [6, 6.07) is 7.73.